The Hall–Kier alpha value is -2.44. The first-order chi connectivity index (χ1) is 14.1. The lowest BCUT2D eigenvalue weighted by Gasteiger charge is -2.26. The minimum absolute atomic E-state index is 0.0212. The van der Waals surface area contributed by atoms with Gasteiger partial charge in [0.2, 0.25) is 0 Å². The predicted molar refractivity (Wildman–Crippen MR) is 121 cm³/mol. The van der Waals surface area contributed by atoms with Crippen LogP contribution < -0.4 is 10.2 Å². The number of amides is 1. The highest BCUT2D eigenvalue weighted by Gasteiger charge is 2.28. The number of rotatable bonds is 6. The summed E-state index contributed by atoms with van der Waals surface area (Å²) in [4.78, 5) is 22.6. The zero-order valence-corrected chi connectivity index (χ0v) is 18.1. The van der Waals surface area contributed by atoms with E-state index in [2.05, 4.69) is 44.4 Å². The van der Waals surface area contributed by atoms with Crippen molar-refractivity contribution in [3.63, 3.8) is 0 Å². The quantitative estimate of drug-likeness (QED) is 0.671. The molecule has 0 saturated carbocycles. The molecule has 1 saturated heterocycles. The Labute approximate surface area is 176 Å². The van der Waals surface area contributed by atoms with Gasteiger partial charge >= 0.3 is 0 Å². The number of thiophene rings is 1. The molecule has 0 spiro atoms. The number of anilines is 1. The second-order valence-corrected chi connectivity index (χ2v) is 8.89. The van der Waals surface area contributed by atoms with E-state index in [1.807, 2.05) is 32.4 Å². The monoisotopic (exact) mass is 408 g/mol. The fourth-order valence-electron chi connectivity index (χ4n) is 4.34. The van der Waals surface area contributed by atoms with Crippen LogP contribution >= 0.6 is 11.3 Å². The maximum Gasteiger partial charge on any atom is 0.261 e. The van der Waals surface area contributed by atoms with Crippen LogP contribution in [0, 0.1) is 0 Å². The van der Waals surface area contributed by atoms with Crippen molar-refractivity contribution in [2.45, 2.75) is 31.8 Å². The molecule has 1 aliphatic rings. The van der Waals surface area contributed by atoms with E-state index < -0.39 is 0 Å². The van der Waals surface area contributed by atoms with E-state index in [1.165, 1.54) is 27.6 Å². The number of hydrogen-bond acceptors (Lipinski definition) is 5. The zero-order valence-electron chi connectivity index (χ0n) is 17.3. The predicted octanol–water partition coefficient (Wildman–Crippen LogP) is 3.93. The van der Waals surface area contributed by atoms with Crippen molar-refractivity contribution in [1.82, 2.24) is 15.2 Å². The van der Waals surface area contributed by atoms with Gasteiger partial charge in [0.15, 0.2) is 0 Å². The summed E-state index contributed by atoms with van der Waals surface area (Å²) in [7, 11) is 5.80. The lowest BCUT2D eigenvalue weighted by atomic mass is 10.00. The molecule has 29 heavy (non-hydrogen) atoms. The van der Waals surface area contributed by atoms with E-state index >= 15 is 0 Å². The van der Waals surface area contributed by atoms with Crippen molar-refractivity contribution in [3.05, 3.63) is 58.6 Å². The second-order valence-electron chi connectivity index (χ2n) is 7.84. The molecule has 0 aliphatic carbocycles. The highest BCUT2D eigenvalue weighted by Crippen LogP contribution is 2.35. The number of pyridine rings is 1. The Bertz CT molecular complexity index is 1010. The minimum atomic E-state index is 0.0212. The van der Waals surface area contributed by atoms with Gasteiger partial charge in [-0.2, -0.15) is 0 Å². The highest BCUT2D eigenvalue weighted by atomic mass is 32.1. The lowest BCUT2D eigenvalue weighted by Crippen LogP contribution is -2.32. The fraction of sp³-hybridized carbons (Fsp3) is 0.391. The maximum atomic E-state index is 12.5. The molecule has 3 aromatic rings. The topological polar surface area (TPSA) is 48.5 Å². The van der Waals surface area contributed by atoms with Crippen molar-refractivity contribution in [3.8, 4) is 0 Å². The molecule has 2 aromatic heterocycles. The van der Waals surface area contributed by atoms with E-state index in [-0.39, 0.29) is 5.91 Å². The van der Waals surface area contributed by atoms with Crippen LogP contribution in [0.15, 0.2) is 42.6 Å². The minimum Gasteiger partial charge on any atom is -0.362 e. The third-order valence-electron chi connectivity index (χ3n) is 5.73. The van der Waals surface area contributed by atoms with Crippen molar-refractivity contribution in [2.75, 3.05) is 32.6 Å². The Morgan fingerprint density at radius 1 is 1.28 bits per heavy atom. The van der Waals surface area contributed by atoms with Gasteiger partial charge in [0.1, 0.15) is 5.82 Å². The highest BCUT2D eigenvalue weighted by molar-refractivity contribution is 7.21. The van der Waals surface area contributed by atoms with E-state index in [0.29, 0.717) is 6.04 Å². The van der Waals surface area contributed by atoms with Gasteiger partial charge in [0, 0.05) is 50.2 Å². The van der Waals surface area contributed by atoms with Crippen LogP contribution in [0.2, 0.25) is 0 Å². The molecule has 0 bridgehead atoms. The standard InChI is InChI=1S/C23H28N4OS/c1-24-23(28)21-19(18-10-4-5-11-20(18)29-21)14-17-9-7-13-27(17)15-16-8-6-12-25-22(16)26(2)3/h4-6,8,10-12,17H,7,9,13-15H2,1-3H3,(H,24,28)/t17-/m0/s1. The molecular formula is C23H28N4OS. The number of likely N-dealkylation sites (tertiary alicyclic amines) is 1. The fourth-order valence-corrected chi connectivity index (χ4v) is 5.52. The van der Waals surface area contributed by atoms with Crippen molar-refractivity contribution < 1.29 is 4.79 Å². The molecular weight excluding hydrogens is 380 g/mol. The summed E-state index contributed by atoms with van der Waals surface area (Å²) in [5.74, 6) is 1.05. The van der Waals surface area contributed by atoms with Crippen LogP contribution in [0.1, 0.15) is 33.6 Å². The summed E-state index contributed by atoms with van der Waals surface area (Å²) in [6.45, 7) is 1.98. The smallest absolute Gasteiger partial charge is 0.261 e. The first kappa shape index (κ1) is 19.9. The molecule has 1 aliphatic heterocycles. The summed E-state index contributed by atoms with van der Waals surface area (Å²) < 4.78 is 1.19. The van der Waals surface area contributed by atoms with Crippen LogP contribution in [0.5, 0.6) is 0 Å². The summed E-state index contributed by atoms with van der Waals surface area (Å²) in [6.07, 6.45) is 5.12. The van der Waals surface area contributed by atoms with E-state index in [9.17, 15) is 4.79 Å². The second kappa shape index (κ2) is 8.51. The lowest BCUT2D eigenvalue weighted by molar-refractivity contribution is 0.0966. The third kappa shape index (κ3) is 4.00. The van der Waals surface area contributed by atoms with Gasteiger partial charge < -0.3 is 10.2 Å². The Kier molecular flexibility index (Phi) is 5.83. The van der Waals surface area contributed by atoms with Crippen molar-refractivity contribution in [1.29, 1.82) is 0 Å². The normalized spacial score (nSPS) is 17.0. The molecule has 1 atom stereocenters. The average molecular weight is 409 g/mol. The summed E-state index contributed by atoms with van der Waals surface area (Å²) in [6, 6.07) is 13.0. The first-order valence-electron chi connectivity index (χ1n) is 10.2. The number of fused-ring (bicyclic) bond motifs is 1. The van der Waals surface area contributed by atoms with Gasteiger partial charge in [0.05, 0.1) is 4.88 Å². The average Bonchev–Trinajstić information content (AvgIpc) is 3.33. The van der Waals surface area contributed by atoms with Gasteiger partial charge in [-0.3, -0.25) is 9.69 Å². The van der Waals surface area contributed by atoms with Crippen LogP contribution in [-0.4, -0.2) is 49.5 Å². The largest absolute Gasteiger partial charge is 0.362 e. The maximum absolute atomic E-state index is 12.5. The first-order valence-corrected chi connectivity index (χ1v) is 11.0. The van der Waals surface area contributed by atoms with Crippen LogP contribution in [0.4, 0.5) is 5.82 Å². The molecule has 0 radical (unpaired) electrons. The Morgan fingerprint density at radius 3 is 2.90 bits per heavy atom. The zero-order chi connectivity index (χ0) is 20.4. The van der Waals surface area contributed by atoms with E-state index in [4.69, 9.17) is 0 Å². The van der Waals surface area contributed by atoms with Gasteiger partial charge in [-0.15, -0.1) is 11.3 Å². The van der Waals surface area contributed by atoms with Gasteiger partial charge in [-0.05, 0) is 48.9 Å². The van der Waals surface area contributed by atoms with E-state index in [0.717, 1.165) is 36.6 Å². The number of nitrogens with zero attached hydrogens (tertiary/aromatic N) is 3. The molecule has 0 unspecified atom stereocenters. The number of benzene rings is 1. The molecule has 1 fully saturated rings. The summed E-state index contributed by atoms with van der Waals surface area (Å²) in [5.41, 5.74) is 2.45. The number of carbonyl (C=O) groups is 1. The molecule has 4 rings (SSSR count). The summed E-state index contributed by atoms with van der Waals surface area (Å²) >= 11 is 1.60. The molecule has 1 aromatic carbocycles. The van der Waals surface area contributed by atoms with Crippen molar-refractivity contribution in [2.24, 2.45) is 0 Å². The molecule has 1 N–H and O–H groups in total. The number of carbonyl (C=O) groups excluding carboxylic acids is 1. The molecule has 6 heteroatoms. The molecule has 1 amide bonds. The Balaban J connectivity index is 1.62. The van der Waals surface area contributed by atoms with Crippen LogP contribution in [-0.2, 0) is 13.0 Å². The third-order valence-corrected chi connectivity index (χ3v) is 6.95. The number of aromatic nitrogens is 1. The van der Waals surface area contributed by atoms with Crippen LogP contribution in [0.3, 0.4) is 0 Å². The van der Waals surface area contributed by atoms with Gasteiger partial charge in [-0.1, -0.05) is 24.3 Å². The molecule has 152 valence electrons. The van der Waals surface area contributed by atoms with Crippen molar-refractivity contribution >= 4 is 33.1 Å². The molecule has 3 heterocycles. The van der Waals surface area contributed by atoms with Crippen LogP contribution in [0.25, 0.3) is 10.1 Å². The Morgan fingerprint density at radius 2 is 2.10 bits per heavy atom. The summed E-state index contributed by atoms with van der Waals surface area (Å²) in [5, 5.41) is 4.04. The van der Waals surface area contributed by atoms with Gasteiger partial charge in [0.25, 0.3) is 5.91 Å². The molecule has 5 nitrogen and oxygen atoms in total. The number of nitrogens with one attached hydrogen (secondary N) is 1. The SMILES string of the molecule is CNC(=O)c1sc2ccccc2c1C[C@@H]1CCCN1Cc1cccnc1N(C)C. The number of hydrogen-bond donors (Lipinski definition) is 1. The van der Waals surface area contributed by atoms with Gasteiger partial charge in [-0.25, -0.2) is 4.98 Å². The van der Waals surface area contributed by atoms with E-state index in [1.54, 1.807) is 18.4 Å².